The number of hydrogen-bond acceptors (Lipinski definition) is 1. The molecule has 1 aliphatic carbocycles. The maximum absolute atomic E-state index is 3.63. The van der Waals surface area contributed by atoms with E-state index in [0.29, 0.717) is 6.04 Å². The fourth-order valence-electron chi connectivity index (χ4n) is 3.18. The summed E-state index contributed by atoms with van der Waals surface area (Å²) in [5.74, 6) is 1.59. The smallest absolute Gasteiger partial charge is 0.00104 e. The Hall–Kier alpha value is -0.820. The molecule has 1 heteroatoms. The van der Waals surface area contributed by atoms with Gasteiger partial charge in [0.15, 0.2) is 0 Å². The Labute approximate surface area is 112 Å². The lowest BCUT2D eigenvalue weighted by atomic mass is 9.75. The molecular formula is C17H27N. The predicted molar refractivity (Wildman–Crippen MR) is 79.0 cm³/mol. The first-order chi connectivity index (χ1) is 8.66. The van der Waals surface area contributed by atoms with Crippen LogP contribution in [0.25, 0.3) is 0 Å². The molecule has 0 aliphatic heterocycles. The Bertz CT molecular complexity index is 370. The third kappa shape index (κ3) is 3.58. The zero-order valence-corrected chi connectivity index (χ0v) is 12.1. The first-order valence-electron chi connectivity index (χ1n) is 7.47. The van der Waals surface area contributed by atoms with Gasteiger partial charge in [-0.05, 0) is 43.7 Å². The summed E-state index contributed by atoms with van der Waals surface area (Å²) in [4.78, 5) is 0. The molecule has 1 fully saturated rings. The van der Waals surface area contributed by atoms with Crippen molar-refractivity contribution in [3.05, 3.63) is 35.4 Å². The second-order valence-corrected chi connectivity index (χ2v) is 6.13. The summed E-state index contributed by atoms with van der Waals surface area (Å²) in [6.45, 7) is 7.86. The van der Waals surface area contributed by atoms with Gasteiger partial charge in [-0.15, -0.1) is 0 Å². The van der Waals surface area contributed by atoms with Crippen molar-refractivity contribution in [3.63, 3.8) is 0 Å². The van der Waals surface area contributed by atoms with E-state index in [2.05, 4.69) is 50.4 Å². The van der Waals surface area contributed by atoms with Crippen LogP contribution < -0.4 is 5.32 Å². The molecule has 0 amide bonds. The minimum atomic E-state index is 0.602. The minimum Gasteiger partial charge on any atom is -0.314 e. The highest BCUT2D eigenvalue weighted by Gasteiger charge is 2.26. The van der Waals surface area contributed by atoms with Crippen LogP contribution in [0.15, 0.2) is 24.3 Å². The van der Waals surface area contributed by atoms with E-state index < -0.39 is 0 Å². The maximum Gasteiger partial charge on any atom is 0.00104 e. The van der Waals surface area contributed by atoms with Gasteiger partial charge in [0.2, 0.25) is 0 Å². The highest BCUT2D eigenvalue weighted by Crippen LogP contribution is 2.37. The van der Waals surface area contributed by atoms with Crippen LogP contribution in [0.2, 0.25) is 0 Å². The van der Waals surface area contributed by atoms with Gasteiger partial charge >= 0.3 is 0 Å². The van der Waals surface area contributed by atoms with Gasteiger partial charge in [-0.1, -0.05) is 56.5 Å². The lowest BCUT2D eigenvalue weighted by Crippen LogP contribution is -2.33. The van der Waals surface area contributed by atoms with E-state index in [0.717, 1.165) is 11.8 Å². The van der Waals surface area contributed by atoms with Crippen LogP contribution in [-0.2, 0) is 0 Å². The molecule has 2 atom stereocenters. The third-order valence-electron chi connectivity index (χ3n) is 4.17. The molecule has 0 radical (unpaired) electrons. The molecule has 18 heavy (non-hydrogen) atoms. The van der Waals surface area contributed by atoms with Crippen LogP contribution in [0.1, 0.15) is 56.6 Å². The molecule has 1 aromatic carbocycles. The molecule has 2 unspecified atom stereocenters. The fraction of sp³-hybridized carbons (Fsp3) is 0.647. The summed E-state index contributed by atoms with van der Waals surface area (Å²) in [6.07, 6.45) is 5.57. The van der Waals surface area contributed by atoms with Gasteiger partial charge in [0.05, 0.1) is 0 Å². The van der Waals surface area contributed by atoms with Crippen LogP contribution in [0.4, 0.5) is 0 Å². The molecule has 1 nitrogen and oxygen atoms in total. The van der Waals surface area contributed by atoms with Gasteiger partial charge in [-0.2, -0.15) is 0 Å². The van der Waals surface area contributed by atoms with Crippen LogP contribution >= 0.6 is 0 Å². The van der Waals surface area contributed by atoms with Crippen molar-refractivity contribution in [1.29, 1.82) is 0 Å². The van der Waals surface area contributed by atoms with E-state index >= 15 is 0 Å². The van der Waals surface area contributed by atoms with E-state index in [-0.39, 0.29) is 0 Å². The van der Waals surface area contributed by atoms with Crippen molar-refractivity contribution >= 4 is 0 Å². The summed E-state index contributed by atoms with van der Waals surface area (Å²) in [6, 6.07) is 9.73. The Morgan fingerprint density at radius 3 is 2.72 bits per heavy atom. The van der Waals surface area contributed by atoms with E-state index in [1.807, 2.05) is 0 Å². The second kappa shape index (κ2) is 6.38. The zero-order chi connectivity index (χ0) is 13.0. The van der Waals surface area contributed by atoms with Crippen molar-refractivity contribution in [1.82, 2.24) is 5.32 Å². The molecule has 1 aromatic rings. The summed E-state index contributed by atoms with van der Waals surface area (Å²) >= 11 is 0. The Kier molecular flexibility index (Phi) is 4.82. The number of nitrogens with one attached hydrogen (secondary N) is 1. The van der Waals surface area contributed by atoms with Crippen LogP contribution in [0.3, 0.4) is 0 Å². The van der Waals surface area contributed by atoms with Gasteiger partial charge in [0.1, 0.15) is 0 Å². The Morgan fingerprint density at radius 1 is 1.22 bits per heavy atom. The summed E-state index contributed by atoms with van der Waals surface area (Å²) in [5.41, 5.74) is 2.96. The minimum absolute atomic E-state index is 0.602. The predicted octanol–water partition coefficient (Wildman–Crippen LogP) is 4.27. The van der Waals surface area contributed by atoms with E-state index in [1.165, 1.54) is 37.8 Å². The molecule has 1 N–H and O–H groups in total. The average Bonchev–Trinajstić information content (AvgIpc) is 2.36. The first-order valence-corrected chi connectivity index (χ1v) is 7.47. The van der Waals surface area contributed by atoms with Crippen molar-refractivity contribution in [2.45, 2.75) is 58.4 Å². The molecule has 1 saturated carbocycles. The third-order valence-corrected chi connectivity index (χ3v) is 4.17. The summed E-state index contributed by atoms with van der Waals surface area (Å²) in [7, 11) is 0. The molecule has 0 heterocycles. The highest BCUT2D eigenvalue weighted by molar-refractivity contribution is 5.26. The topological polar surface area (TPSA) is 12.0 Å². The largest absolute Gasteiger partial charge is 0.314 e. The molecule has 0 aromatic heterocycles. The molecular weight excluding hydrogens is 218 g/mol. The van der Waals surface area contributed by atoms with Crippen molar-refractivity contribution in [3.8, 4) is 0 Å². The number of rotatable bonds is 4. The average molecular weight is 245 g/mol. The molecule has 2 rings (SSSR count). The van der Waals surface area contributed by atoms with Crippen LogP contribution in [0, 0.1) is 12.8 Å². The van der Waals surface area contributed by atoms with Gasteiger partial charge in [0.25, 0.3) is 0 Å². The first kappa shape index (κ1) is 13.6. The second-order valence-electron chi connectivity index (χ2n) is 6.13. The van der Waals surface area contributed by atoms with Crippen molar-refractivity contribution in [2.24, 2.45) is 5.92 Å². The van der Waals surface area contributed by atoms with Crippen LogP contribution in [0.5, 0.6) is 0 Å². The highest BCUT2D eigenvalue weighted by atomic mass is 14.9. The molecule has 1 aliphatic rings. The SMILES string of the molecule is Cc1cccc(C2CCCCC2CNC(C)C)c1. The number of aryl methyl sites for hydroxylation is 1. The monoisotopic (exact) mass is 245 g/mol. The number of hydrogen-bond donors (Lipinski definition) is 1. The van der Waals surface area contributed by atoms with Gasteiger partial charge in [-0.25, -0.2) is 0 Å². The lowest BCUT2D eigenvalue weighted by Gasteiger charge is -2.33. The van der Waals surface area contributed by atoms with Crippen LogP contribution in [-0.4, -0.2) is 12.6 Å². The molecule has 0 saturated heterocycles. The van der Waals surface area contributed by atoms with Crippen molar-refractivity contribution < 1.29 is 0 Å². The standard InChI is InChI=1S/C17H27N/c1-13(2)18-12-16-8-4-5-10-17(16)15-9-6-7-14(3)11-15/h6-7,9,11,13,16-18H,4-5,8,10,12H2,1-3H3. The van der Waals surface area contributed by atoms with E-state index in [1.54, 1.807) is 5.56 Å². The summed E-state index contributed by atoms with van der Waals surface area (Å²) < 4.78 is 0. The summed E-state index contributed by atoms with van der Waals surface area (Å²) in [5, 5.41) is 3.63. The quantitative estimate of drug-likeness (QED) is 0.835. The normalized spacial score (nSPS) is 24.4. The Morgan fingerprint density at radius 2 is 2.00 bits per heavy atom. The zero-order valence-electron chi connectivity index (χ0n) is 12.1. The number of benzene rings is 1. The van der Waals surface area contributed by atoms with E-state index in [4.69, 9.17) is 0 Å². The van der Waals surface area contributed by atoms with Gasteiger partial charge in [0, 0.05) is 6.04 Å². The Balaban J connectivity index is 2.07. The van der Waals surface area contributed by atoms with Crippen molar-refractivity contribution in [2.75, 3.05) is 6.54 Å². The maximum atomic E-state index is 3.63. The molecule has 0 bridgehead atoms. The van der Waals surface area contributed by atoms with E-state index in [9.17, 15) is 0 Å². The van der Waals surface area contributed by atoms with Gasteiger partial charge < -0.3 is 5.32 Å². The lowest BCUT2D eigenvalue weighted by molar-refractivity contribution is 0.289. The van der Waals surface area contributed by atoms with Gasteiger partial charge in [-0.3, -0.25) is 0 Å². The fourth-order valence-corrected chi connectivity index (χ4v) is 3.18. The molecule has 0 spiro atoms. The molecule has 100 valence electrons.